The summed E-state index contributed by atoms with van der Waals surface area (Å²) in [6, 6.07) is 25.9. The van der Waals surface area contributed by atoms with Crippen LogP contribution in [0.3, 0.4) is 0 Å². The molecule has 0 bridgehead atoms. The van der Waals surface area contributed by atoms with Gasteiger partial charge in [0.1, 0.15) is 5.75 Å². The molecule has 0 spiro atoms. The molecular formula is C29H31N3O3S. The molecular weight excluding hydrogens is 470 g/mol. The van der Waals surface area contributed by atoms with Gasteiger partial charge in [-0.05, 0) is 29.7 Å². The van der Waals surface area contributed by atoms with Gasteiger partial charge in [0.15, 0.2) is 5.13 Å². The molecule has 1 fully saturated rings. The van der Waals surface area contributed by atoms with Crippen LogP contribution >= 0.6 is 11.3 Å². The summed E-state index contributed by atoms with van der Waals surface area (Å²) in [7, 11) is 1.65. The molecule has 1 aliphatic heterocycles. The normalized spacial score (nSPS) is 14.3. The summed E-state index contributed by atoms with van der Waals surface area (Å²) in [6.07, 6.45) is 0.862. The molecule has 0 atom stereocenters. The van der Waals surface area contributed by atoms with Crippen molar-refractivity contribution in [3.63, 3.8) is 0 Å². The molecule has 3 aromatic carbocycles. The minimum atomic E-state index is -0.405. The van der Waals surface area contributed by atoms with E-state index in [1.54, 1.807) is 18.4 Å². The number of carbonyl (C=O) groups is 1. The van der Waals surface area contributed by atoms with Gasteiger partial charge in [-0.1, -0.05) is 72.0 Å². The number of rotatable bonds is 9. The van der Waals surface area contributed by atoms with Gasteiger partial charge in [-0.25, -0.2) is 4.98 Å². The zero-order chi connectivity index (χ0) is 24.7. The number of nitrogens with zero attached hydrogens (tertiary/aromatic N) is 3. The molecule has 5 rings (SSSR count). The first-order valence-electron chi connectivity index (χ1n) is 12.4. The van der Waals surface area contributed by atoms with Crippen molar-refractivity contribution in [2.24, 2.45) is 0 Å². The van der Waals surface area contributed by atoms with Gasteiger partial charge in [-0.2, -0.15) is 0 Å². The van der Waals surface area contributed by atoms with Crippen molar-refractivity contribution >= 4 is 32.6 Å². The van der Waals surface area contributed by atoms with E-state index in [9.17, 15) is 4.79 Å². The highest BCUT2D eigenvalue weighted by atomic mass is 32.1. The molecule has 6 nitrogen and oxygen atoms in total. The molecule has 7 heteroatoms. The zero-order valence-electron chi connectivity index (χ0n) is 20.5. The van der Waals surface area contributed by atoms with Crippen LogP contribution in [-0.4, -0.2) is 62.3 Å². The lowest BCUT2D eigenvalue weighted by Crippen LogP contribution is -2.40. The first-order chi connectivity index (χ1) is 17.7. The van der Waals surface area contributed by atoms with Gasteiger partial charge in [0.05, 0.1) is 36.5 Å². The molecule has 1 saturated heterocycles. The Morgan fingerprint density at radius 3 is 2.33 bits per heavy atom. The lowest BCUT2D eigenvalue weighted by Gasteiger charge is -2.29. The number of benzene rings is 3. The van der Waals surface area contributed by atoms with E-state index < -0.39 is 5.92 Å². The Kier molecular flexibility index (Phi) is 7.91. The molecule has 1 amide bonds. The van der Waals surface area contributed by atoms with Crippen molar-refractivity contribution in [2.45, 2.75) is 12.3 Å². The van der Waals surface area contributed by atoms with Crippen molar-refractivity contribution in [1.29, 1.82) is 0 Å². The van der Waals surface area contributed by atoms with Gasteiger partial charge in [0.25, 0.3) is 0 Å². The van der Waals surface area contributed by atoms with E-state index in [0.29, 0.717) is 6.54 Å². The average molecular weight is 502 g/mol. The van der Waals surface area contributed by atoms with Crippen LogP contribution in [0.2, 0.25) is 0 Å². The van der Waals surface area contributed by atoms with Crippen molar-refractivity contribution in [1.82, 2.24) is 9.88 Å². The molecule has 4 aromatic rings. The molecule has 36 heavy (non-hydrogen) atoms. The molecule has 0 N–H and O–H groups in total. The van der Waals surface area contributed by atoms with Gasteiger partial charge in [-0.15, -0.1) is 0 Å². The summed E-state index contributed by atoms with van der Waals surface area (Å²) in [6.45, 7) is 4.94. The van der Waals surface area contributed by atoms with E-state index in [1.165, 1.54) is 0 Å². The average Bonchev–Trinajstić information content (AvgIpc) is 3.36. The van der Waals surface area contributed by atoms with Crippen LogP contribution in [-0.2, 0) is 9.53 Å². The summed E-state index contributed by atoms with van der Waals surface area (Å²) in [4.78, 5) is 23.5. The molecule has 0 radical (unpaired) electrons. The Morgan fingerprint density at radius 1 is 1.03 bits per heavy atom. The van der Waals surface area contributed by atoms with Crippen LogP contribution in [0.1, 0.15) is 23.5 Å². The second kappa shape index (κ2) is 11.6. The van der Waals surface area contributed by atoms with Crippen LogP contribution in [0.4, 0.5) is 5.13 Å². The number of ether oxygens (including phenoxy) is 2. The highest BCUT2D eigenvalue weighted by Gasteiger charge is 2.30. The first-order valence-corrected chi connectivity index (χ1v) is 13.2. The molecule has 1 aromatic heterocycles. The number of amides is 1. The summed E-state index contributed by atoms with van der Waals surface area (Å²) in [5.41, 5.74) is 2.81. The highest BCUT2D eigenvalue weighted by Crippen LogP contribution is 2.35. The second-order valence-corrected chi connectivity index (χ2v) is 9.89. The molecule has 2 heterocycles. The van der Waals surface area contributed by atoms with Gasteiger partial charge in [0, 0.05) is 32.2 Å². The van der Waals surface area contributed by atoms with Crippen molar-refractivity contribution in [3.05, 3.63) is 90.0 Å². The van der Waals surface area contributed by atoms with Crippen LogP contribution in [0.5, 0.6) is 5.75 Å². The SMILES string of the molecule is COc1ccc2sc(N(CCCN3CCOCC3)C(=O)C(c3ccccc3)c3ccccc3)nc2c1. The van der Waals surface area contributed by atoms with Crippen LogP contribution in [0, 0.1) is 0 Å². The zero-order valence-corrected chi connectivity index (χ0v) is 21.3. The van der Waals surface area contributed by atoms with Crippen LogP contribution in [0.25, 0.3) is 10.2 Å². The Bertz CT molecular complexity index is 1230. The number of anilines is 1. The lowest BCUT2D eigenvalue weighted by molar-refractivity contribution is -0.119. The van der Waals surface area contributed by atoms with Gasteiger partial charge < -0.3 is 9.47 Å². The molecule has 1 aliphatic rings. The number of hydrogen-bond acceptors (Lipinski definition) is 6. The fourth-order valence-electron chi connectivity index (χ4n) is 4.64. The number of aromatic nitrogens is 1. The highest BCUT2D eigenvalue weighted by molar-refractivity contribution is 7.22. The Labute approximate surface area is 216 Å². The molecule has 0 aliphatic carbocycles. The molecule has 186 valence electrons. The van der Waals surface area contributed by atoms with E-state index in [1.807, 2.05) is 83.8 Å². The molecule has 0 unspecified atom stereocenters. The third-order valence-electron chi connectivity index (χ3n) is 6.55. The third-order valence-corrected chi connectivity index (χ3v) is 7.61. The fourth-order valence-corrected chi connectivity index (χ4v) is 5.62. The predicted octanol–water partition coefficient (Wildman–Crippen LogP) is 5.19. The first kappa shape index (κ1) is 24.4. The minimum Gasteiger partial charge on any atom is -0.497 e. The van der Waals surface area contributed by atoms with Crippen molar-refractivity contribution < 1.29 is 14.3 Å². The van der Waals surface area contributed by atoms with E-state index in [-0.39, 0.29) is 5.91 Å². The number of fused-ring (bicyclic) bond motifs is 1. The topological polar surface area (TPSA) is 54.9 Å². The fraction of sp³-hybridized carbons (Fsp3) is 0.310. The number of carbonyl (C=O) groups excluding carboxylic acids is 1. The largest absolute Gasteiger partial charge is 0.497 e. The predicted molar refractivity (Wildman–Crippen MR) is 145 cm³/mol. The van der Waals surface area contributed by atoms with E-state index >= 15 is 0 Å². The van der Waals surface area contributed by atoms with E-state index in [0.717, 1.165) is 71.5 Å². The number of morpholine rings is 1. The van der Waals surface area contributed by atoms with Gasteiger partial charge >= 0.3 is 0 Å². The van der Waals surface area contributed by atoms with E-state index in [2.05, 4.69) is 4.90 Å². The van der Waals surface area contributed by atoms with Gasteiger partial charge in [-0.3, -0.25) is 14.6 Å². The maximum absolute atomic E-state index is 14.4. The maximum Gasteiger partial charge on any atom is 0.240 e. The summed E-state index contributed by atoms with van der Waals surface area (Å²) in [5, 5.41) is 0.724. The van der Waals surface area contributed by atoms with Crippen molar-refractivity contribution in [2.75, 3.05) is 51.4 Å². The standard InChI is InChI=1S/C29H31N3O3S/c1-34-24-13-14-26-25(21-24)30-29(36-26)32(16-8-15-31-17-19-35-20-18-31)28(33)27(22-9-4-2-5-10-22)23-11-6-3-7-12-23/h2-7,9-14,21,27H,8,15-20H2,1H3. The Hall–Kier alpha value is -3.26. The Morgan fingerprint density at radius 2 is 1.69 bits per heavy atom. The molecule has 0 saturated carbocycles. The summed E-state index contributed by atoms with van der Waals surface area (Å²) in [5.74, 6) is 0.397. The van der Waals surface area contributed by atoms with Crippen LogP contribution in [0.15, 0.2) is 78.9 Å². The Balaban J connectivity index is 1.48. The third kappa shape index (κ3) is 5.59. The lowest BCUT2D eigenvalue weighted by atomic mass is 9.90. The summed E-state index contributed by atoms with van der Waals surface area (Å²) >= 11 is 1.55. The number of hydrogen-bond donors (Lipinski definition) is 0. The maximum atomic E-state index is 14.4. The number of thiazole rings is 1. The van der Waals surface area contributed by atoms with Crippen LogP contribution < -0.4 is 9.64 Å². The number of methoxy groups -OCH3 is 1. The van der Waals surface area contributed by atoms with E-state index in [4.69, 9.17) is 14.5 Å². The van der Waals surface area contributed by atoms with Crippen molar-refractivity contribution in [3.8, 4) is 5.75 Å². The monoisotopic (exact) mass is 501 g/mol. The smallest absolute Gasteiger partial charge is 0.240 e. The van der Waals surface area contributed by atoms with Gasteiger partial charge in [0.2, 0.25) is 5.91 Å². The quantitative estimate of drug-likeness (QED) is 0.316. The second-order valence-electron chi connectivity index (χ2n) is 8.88. The minimum absolute atomic E-state index is 0.0420. The summed E-state index contributed by atoms with van der Waals surface area (Å²) < 4.78 is 11.9.